The van der Waals surface area contributed by atoms with Gasteiger partial charge in [-0.2, -0.15) is 0 Å². The van der Waals surface area contributed by atoms with Crippen LogP contribution in [0.3, 0.4) is 0 Å². The van der Waals surface area contributed by atoms with Crippen LogP contribution in [0.2, 0.25) is 0 Å². The van der Waals surface area contributed by atoms with Gasteiger partial charge in [0.2, 0.25) is 10.0 Å². The first kappa shape index (κ1) is 17.7. The van der Waals surface area contributed by atoms with Crippen molar-refractivity contribution in [2.75, 3.05) is 13.7 Å². The molecule has 0 aromatic carbocycles. The number of furan rings is 1. The van der Waals surface area contributed by atoms with Crippen molar-refractivity contribution in [2.24, 2.45) is 0 Å². The van der Waals surface area contributed by atoms with Crippen LogP contribution in [0.25, 0.3) is 0 Å². The van der Waals surface area contributed by atoms with Crippen molar-refractivity contribution in [1.29, 1.82) is 0 Å². The summed E-state index contributed by atoms with van der Waals surface area (Å²) in [4.78, 5) is 10.9. The van der Waals surface area contributed by atoms with Gasteiger partial charge in [-0.05, 0) is 20.3 Å². The molecule has 1 aromatic heterocycles. The van der Waals surface area contributed by atoms with Crippen LogP contribution in [0.1, 0.15) is 41.6 Å². The Morgan fingerprint density at radius 2 is 2.00 bits per heavy atom. The van der Waals surface area contributed by atoms with E-state index >= 15 is 0 Å². The normalized spacial score (nSPS) is 13.3. The molecule has 1 atom stereocenters. The Balaban J connectivity index is 3.22. The molecule has 0 amide bonds. The first-order chi connectivity index (χ1) is 9.74. The lowest BCUT2D eigenvalue weighted by Crippen LogP contribution is -2.38. The third-order valence-corrected chi connectivity index (χ3v) is 4.69. The zero-order chi connectivity index (χ0) is 16.2. The van der Waals surface area contributed by atoms with E-state index < -0.39 is 22.0 Å². The number of ether oxygens (including phenoxy) is 1. The number of aromatic carboxylic acids is 1. The van der Waals surface area contributed by atoms with E-state index in [0.717, 1.165) is 6.42 Å². The summed E-state index contributed by atoms with van der Waals surface area (Å²) in [7, 11) is -2.51. The molecule has 0 saturated carbocycles. The van der Waals surface area contributed by atoms with E-state index in [1.165, 1.54) is 21.0 Å². The molecule has 0 spiro atoms. The topological polar surface area (TPSA) is 106 Å². The Bertz CT molecular complexity index is 598. The molecule has 0 saturated heterocycles. The Kier molecular flexibility index (Phi) is 5.94. The van der Waals surface area contributed by atoms with Crippen LogP contribution in [0, 0.1) is 13.8 Å². The number of nitrogens with one attached hydrogen (secondary N) is 1. The summed E-state index contributed by atoms with van der Waals surface area (Å²) >= 11 is 0. The molecule has 0 radical (unpaired) electrons. The van der Waals surface area contributed by atoms with Gasteiger partial charge in [-0.1, -0.05) is 13.3 Å². The number of rotatable bonds is 8. The molecule has 0 aliphatic rings. The molecule has 1 aromatic rings. The van der Waals surface area contributed by atoms with Gasteiger partial charge in [0.25, 0.3) is 0 Å². The number of carboxylic acid groups (broad SMARTS) is 1. The van der Waals surface area contributed by atoms with Crippen molar-refractivity contribution in [2.45, 2.75) is 44.6 Å². The van der Waals surface area contributed by atoms with Crippen molar-refractivity contribution in [3.05, 3.63) is 17.1 Å². The van der Waals surface area contributed by atoms with E-state index in [-0.39, 0.29) is 28.6 Å². The molecule has 0 aliphatic heterocycles. The summed E-state index contributed by atoms with van der Waals surface area (Å²) in [6, 6.07) is -0.416. The van der Waals surface area contributed by atoms with Crippen LogP contribution >= 0.6 is 0 Å². The zero-order valence-electron chi connectivity index (χ0n) is 12.6. The van der Waals surface area contributed by atoms with Crippen LogP contribution in [0.4, 0.5) is 0 Å². The van der Waals surface area contributed by atoms with E-state index in [1.807, 2.05) is 6.92 Å². The number of carbonyl (C=O) groups is 1. The van der Waals surface area contributed by atoms with Gasteiger partial charge in [-0.15, -0.1) is 0 Å². The van der Waals surface area contributed by atoms with Gasteiger partial charge in [-0.25, -0.2) is 17.9 Å². The Morgan fingerprint density at radius 3 is 2.48 bits per heavy atom. The third kappa shape index (κ3) is 4.05. The average Bonchev–Trinajstić information content (AvgIpc) is 2.65. The number of hydrogen-bond acceptors (Lipinski definition) is 5. The highest BCUT2D eigenvalue weighted by Gasteiger charge is 2.32. The minimum Gasteiger partial charge on any atom is -0.478 e. The maximum Gasteiger partial charge on any atom is 0.340 e. The minimum absolute atomic E-state index is 0.0602. The summed E-state index contributed by atoms with van der Waals surface area (Å²) in [6.45, 7) is 4.99. The fourth-order valence-corrected chi connectivity index (χ4v) is 3.90. The van der Waals surface area contributed by atoms with Crippen molar-refractivity contribution in [3.63, 3.8) is 0 Å². The quantitative estimate of drug-likeness (QED) is 0.755. The summed E-state index contributed by atoms with van der Waals surface area (Å²) in [5, 5.41) is 9.19. The van der Waals surface area contributed by atoms with Crippen LogP contribution < -0.4 is 4.72 Å². The fourth-order valence-electron chi connectivity index (χ4n) is 2.24. The van der Waals surface area contributed by atoms with Crippen molar-refractivity contribution in [3.8, 4) is 0 Å². The SMILES string of the molecule is CCCC(COC)NS(=O)(=O)c1c(C)oc(C)c1C(=O)O. The lowest BCUT2D eigenvalue weighted by molar-refractivity contribution is 0.0691. The summed E-state index contributed by atoms with van der Waals surface area (Å²) < 4.78 is 37.6. The highest BCUT2D eigenvalue weighted by atomic mass is 32.2. The number of hydrogen-bond donors (Lipinski definition) is 2. The molecular weight excluding hydrogens is 298 g/mol. The summed E-state index contributed by atoms with van der Waals surface area (Å²) in [5.41, 5.74) is -0.326. The standard InChI is InChI=1S/C13H21NO6S/c1-5-6-10(7-19-4)14-21(17,18)12-9(3)20-8(2)11(12)13(15)16/h10,14H,5-7H2,1-4H3,(H,15,16). The van der Waals surface area contributed by atoms with E-state index in [1.54, 1.807) is 0 Å². The summed E-state index contributed by atoms with van der Waals surface area (Å²) in [6.07, 6.45) is 1.36. The fraction of sp³-hybridized carbons (Fsp3) is 0.615. The number of methoxy groups -OCH3 is 1. The van der Waals surface area contributed by atoms with Crippen molar-refractivity contribution >= 4 is 16.0 Å². The first-order valence-electron chi connectivity index (χ1n) is 6.59. The second-order valence-corrected chi connectivity index (χ2v) is 6.44. The number of aryl methyl sites for hydroxylation is 2. The zero-order valence-corrected chi connectivity index (χ0v) is 13.4. The van der Waals surface area contributed by atoms with Crippen LogP contribution in [-0.2, 0) is 14.8 Å². The minimum atomic E-state index is -3.99. The van der Waals surface area contributed by atoms with Gasteiger partial charge >= 0.3 is 5.97 Å². The predicted molar refractivity (Wildman–Crippen MR) is 76.0 cm³/mol. The van der Waals surface area contributed by atoms with Crippen LogP contribution in [0.15, 0.2) is 9.31 Å². The van der Waals surface area contributed by atoms with Gasteiger partial charge in [0.15, 0.2) is 0 Å². The maximum absolute atomic E-state index is 12.5. The van der Waals surface area contributed by atoms with Gasteiger partial charge in [0, 0.05) is 13.2 Å². The molecule has 21 heavy (non-hydrogen) atoms. The second kappa shape index (κ2) is 7.06. The molecule has 0 fully saturated rings. The molecule has 8 heteroatoms. The molecule has 2 N–H and O–H groups in total. The highest BCUT2D eigenvalue weighted by molar-refractivity contribution is 7.89. The third-order valence-electron chi connectivity index (χ3n) is 3.01. The predicted octanol–water partition coefficient (Wildman–Crippen LogP) is 1.69. The average molecular weight is 319 g/mol. The first-order valence-corrected chi connectivity index (χ1v) is 8.07. The highest BCUT2D eigenvalue weighted by Crippen LogP contribution is 2.26. The second-order valence-electron chi connectivity index (χ2n) is 4.79. The largest absolute Gasteiger partial charge is 0.478 e. The Labute approximate surface area is 124 Å². The van der Waals surface area contributed by atoms with E-state index in [2.05, 4.69) is 4.72 Å². The van der Waals surface area contributed by atoms with Crippen LogP contribution in [-0.4, -0.2) is 39.3 Å². The molecule has 0 bridgehead atoms. The van der Waals surface area contributed by atoms with Gasteiger partial charge in [0.05, 0.1) is 6.61 Å². The Hall–Kier alpha value is -1.38. The molecular formula is C13H21NO6S. The summed E-state index contributed by atoms with van der Waals surface area (Å²) in [5.74, 6) is -1.20. The van der Waals surface area contributed by atoms with E-state index in [4.69, 9.17) is 9.15 Å². The van der Waals surface area contributed by atoms with E-state index in [0.29, 0.717) is 6.42 Å². The molecule has 1 rings (SSSR count). The number of carboxylic acids is 1. The van der Waals surface area contributed by atoms with Crippen molar-refractivity contribution < 1.29 is 27.5 Å². The molecule has 1 unspecified atom stereocenters. The van der Waals surface area contributed by atoms with Crippen LogP contribution in [0.5, 0.6) is 0 Å². The monoisotopic (exact) mass is 319 g/mol. The maximum atomic E-state index is 12.5. The Morgan fingerprint density at radius 1 is 1.38 bits per heavy atom. The van der Waals surface area contributed by atoms with Gasteiger partial charge in [-0.3, -0.25) is 0 Å². The lowest BCUT2D eigenvalue weighted by Gasteiger charge is -2.17. The number of sulfonamides is 1. The van der Waals surface area contributed by atoms with Gasteiger partial charge < -0.3 is 14.3 Å². The molecule has 120 valence electrons. The smallest absolute Gasteiger partial charge is 0.340 e. The van der Waals surface area contributed by atoms with Gasteiger partial charge in [0.1, 0.15) is 22.0 Å². The molecule has 0 aliphatic carbocycles. The molecule has 1 heterocycles. The lowest BCUT2D eigenvalue weighted by atomic mass is 10.2. The molecule has 7 nitrogen and oxygen atoms in total. The van der Waals surface area contributed by atoms with Crippen molar-refractivity contribution in [1.82, 2.24) is 4.72 Å². The van der Waals surface area contributed by atoms with E-state index in [9.17, 15) is 18.3 Å².